The average Bonchev–Trinajstić information content (AvgIpc) is 2.46. The maximum absolute atomic E-state index is 12.2. The second-order valence-corrected chi connectivity index (χ2v) is 6.50. The van der Waals surface area contributed by atoms with Crippen LogP contribution >= 0.6 is 11.6 Å². The van der Waals surface area contributed by atoms with Crippen LogP contribution in [-0.4, -0.2) is 45.2 Å². The highest BCUT2D eigenvalue weighted by Gasteiger charge is 2.22. The molecule has 124 valence electrons. The number of hydrogen-bond acceptors (Lipinski definition) is 5. The van der Waals surface area contributed by atoms with Crippen molar-refractivity contribution in [2.45, 2.75) is 24.8 Å². The molecule has 0 fully saturated rings. The number of hydrogen-bond donors (Lipinski definition) is 3. The van der Waals surface area contributed by atoms with Gasteiger partial charge in [0.05, 0.1) is 29.2 Å². The average molecular weight is 351 g/mol. The van der Waals surface area contributed by atoms with E-state index in [4.69, 9.17) is 21.4 Å². The van der Waals surface area contributed by atoms with Gasteiger partial charge in [-0.3, -0.25) is 4.79 Å². The minimum Gasteiger partial charge on any atom is -0.492 e. The Hall–Kier alpha value is -1.35. The quantitative estimate of drug-likeness (QED) is 0.633. The van der Waals surface area contributed by atoms with Gasteiger partial charge in [-0.1, -0.05) is 11.6 Å². The fourth-order valence-electron chi connectivity index (χ4n) is 1.61. The maximum Gasteiger partial charge on any atom is 0.241 e. The number of carbonyl (C=O) groups excluding carboxylic acids is 1. The van der Waals surface area contributed by atoms with Crippen LogP contribution in [0.3, 0.4) is 0 Å². The molecule has 0 aliphatic rings. The third-order valence-corrected chi connectivity index (χ3v) is 4.48. The van der Waals surface area contributed by atoms with E-state index in [-0.39, 0.29) is 23.1 Å². The van der Waals surface area contributed by atoms with Gasteiger partial charge >= 0.3 is 0 Å². The first kappa shape index (κ1) is 18.7. The fraction of sp³-hybridized carbons (Fsp3) is 0.462. The molecule has 3 N–H and O–H groups in total. The standard InChI is InChI=1S/C13H19ClN2O5S/c1-3-21-12-5-4-10(8-11(12)14)22(19,20)16-9(2)13(18)15-6-7-17/h4-5,8-9,16-17H,3,6-7H2,1-2H3,(H,15,18)/t9-/m0/s1. The van der Waals surface area contributed by atoms with Crippen LogP contribution in [0.1, 0.15) is 13.8 Å². The number of amides is 1. The molecule has 1 aromatic carbocycles. The fourth-order valence-corrected chi connectivity index (χ4v) is 3.14. The molecule has 0 saturated carbocycles. The Morgan fingerprint density at radius 1 is 1.45 bits per heavy atom. The van der Waals surface area contributed by atoms with Crippen LogP contribution < -0.4 is 14.8 Å². The summed E-state index contributed by atoms with van der Waals surface area (Å²) in [6, 6.07) is 3.07. The molecule has 0 aliphatic carbocycles. The molecule has 0 heterocycles. The first-order chi connectivity index (χ1) is 10.3. The Bertz CT molecular complexity index is 621. The van der Waals surface area contributed by atoms with Crippen molar-refractivity contribution in [1.82, 2.24) is 10.0 Å². The van der Waals surface area contributed by atoms with Gasteiger partial charge in [0.25, 0.3) is 0 Å². The largest absolute Gasteiger partial charge is 0.492 e. The molecule has 0 saturated heterocycles. The highest BCUT2D eigenvalue weighted by Crippen LogP contribution is 2.27. The minimum atomic E-state index is -3.90. The molecular weight excluding hydrogens is 332 g/mol. The molecule has 22 heavy (non-hydrogen) atoms. The molecule has 0 aromatic heterocycles. The summed E-state index contributed by atoms with van der Waals surface area (Å²) in [5.41, 5.74) is 0. The number of ether oxygens (including phenoxy) is 1. The Balaban J connectivity index is 2.86. The van der Waals surface area contributed by atoms with Crippen molar-refractivity contribution < 1.29 is 23.1 Å². The van der Waals surface area contributed by atoms with Gasteiger partial charge in [-0.15, -0.1) is 0 Å². The van der Waals surface area contributed by atoms with Crippen molar-refractivity contribution in [3.05, 3.63) is 23.2 Å². The molecule has 1 atom stereocenters. The predicted molar refractivity (Wildman–Crippen MR) is 82.5 cm³/mol. The second-order valence-electron chi connectivity index (χ2n) is 4.38. The van der Waals surface area contributed by atoms with Crippen molar-refractivity contribution in [1.29, 1.82) is 0 Å². The summed E-state index contributed by atoms with van der Waals surface area (Å²) >= 11 is 5.96. The van der Waals surface area contributed by atoms with Gasteiger partial charge in [-0.05, 0) is 32.0 Å². The van der Waals surface area contributed by atoms with E-state index >= 15 is 0 Å². The summed E-state index contributed by atoms with van der Waals surface area (Å²) in [5, 5.41) is 11.2. The summed E-state index contributed by atoms with van der Waals surface area (Å²) in [5.74, 6) is -0.147. The third kappa shape index (κ3) is 5.13. The number of halogens is 1. The summed E-state index contributed by atoms with van der Waals surface area (Å²) in [6.45, 7) is 3.43. The van der Waals surface area contributed by atoms with Crippen molar-refractivity contribution in [3.63, 3.8) is 0 Å². The molecule has 7 nitrogen and oxygen atoms in total. The summed E-state index contributed by atoms with van der Waals surface area (Å²) in [7, 11) is -3.90. The summed E-state index contributed by atoms with van der Waals surface area (Å²) in [6.07, 6.45) is 0. The van der Waals surface area contributed by atoms with Crippen molar-refractivity contribution in [2.24, 2.45) is 0 Å². The topological polar surface area (TPSA) is 105 Å². The van der Waals surface area contributed by atoms with Crippen molar-refractivity contribution in [2.75, 3.05) is 19.8 Å². The monoisotopic (exact) mass is 350 g/mol. The smallest absolute Gasteiger partial charge is 0.241 e. The second kappa shape index (κ2) is 8.33. The normalized spacial score (nSPS) is 12.7. The molecule has 0 spiro atoms. The maximum atomic E-state index is 12.2. The zero-order valence-electron chi connectivity index (χ0n) is 12.3. The van der Waals surface area contributed by atoms with Gasteiger partial charge in [0.1, 0.15) is 5.75 Å². The van der Waals surface area contributed by atoms with E-state index in [1.165, 1.54) is 25.1 Å². The Morgan fingerprint density at radius 3 is 2.68 bits per heavy atom. The predicted octanol–water partition coefficient (Wildman–Crippen LogP) is 0.514. The van der Waals surface area contributed by atoms with E-state index in [0.717, 1.165) is 0 Å². The molecule has 1 rings (SSSR count). The lowest BCUT2D eigenvalue weighted by Crippen LogP contribution is -2.45. The van der Waals surface area contributed by atoms with E-state index in [1.54, 1.807) is 6.92 Å². The van der Waals surface area contributed by atoms with Crippen LogP contribution in [-0.2, 0) is 14.8 Å². The molecular formula is C13H19ClN2O5S. The highest BCUT2D eigenvalue weighted by molar-refractivity contribution is 7.89. The van der Waals surface area contributed by atoms with E-state index < -0.39 is 22.0 Å². The van der Waals surface area contributed by atoms with E-state index in [0.29, 0.717) is 12.4 Å². The van der Waals surface area contributed by atoms with Crippen LogP contribution in [0.25, 0.3) is 0 Å². The number of carbonyl (C=O) groups is 1. The zero-order valence-corrected chi connectivity index (χ0v) is 13.9. The lowest BCUT2D eigenvalue weighted by Gasteiger charge is -2.14. The van der Waals surface area contributed by atoms with E-state index in [1.807, 2.05) is 0 Å². The van der Waals surface area contributed by atoms with Crippen LogP contribution in [0.4, 0.5) is 0 Å². The molecule has 0 bridgehead atoms. The summed E-state index contributed by atoms with van der Waals surface area (Å²) in [4.78, 5) is 11.6. The van der Waals surface area contributed by atoms with Gasteiger partial charge in [0.15, 0.2) is 0 Å². The number of aliphatic hydroxyl groups is 1. The van der Waals surface area contributed by atoms with Gasteiger partial charge < -0.3 is 15.2 Å². The highest BCUT2D eigenvalue weighted by atomic mass is 35.5. The van der Waals surface area contributed by atoms with Crippen LogP contribution in [0.15, 0.2) is 23.1 Å². The first-order valence-electron chi connectivity index (χ1n) is 6.65. The van der Waals surface area contributed by atoms with Gasteiger partial charge in [-0.25, -0.2) is 8.42 Å². The van der Waals surface area contributed by atoms with Crippen LogP contribution in [0.2, 0.25) is 5.02 Å². The number of nitrogens with one attached hydrogen (secondary N) is 2. The molecule has 1 aromatic rings. The lowest BCUT2D eigenvalue weighted by atomic mass is 10.3. The van der Waals surface area contributed by atoms with Gasteiger partial charge in [-0.2, -0.15) is 4.72 Å². The number of benzene rings is 1. The Labute approximate surface area is 134 Å². The van der Waals surface area contributed by atoms with Gasteiger partial charge in [0, 0.05) is 6.54 Å². The van der Waals surface area contributed by atoms with Gasteiger partial charge in [0.2, 0.25) is 15.9 Å². The SMILES string of the molecule is CCOc1ccc(S(=O)(=O)N[C@@H](C)C(=O)NCCO)cc1Cl. The van der Waals surface area contributed by atoms with Crippen molar-refractivity contribution in [3.8, 4) is 5.75 Å². The number of aliphatic hydroxyl groups excluding tert-OH is 1. The van der Waals surface area contributed by atoms with E-state index in [9.17, 15) is 13.2 Å². The summed E-state index contributed by atoms with van der Waals surface area (Å²) < 4.78 is 31.9. The lowest BCUT2D eigenvalue weighted by molar-refractivity contribution is -0.122. The first-order valence-corrected chi connectivity index (χ1v) is 8.51. The van der Waals surface area contributed by atoms with Crippen LogP contribution in [0, 0.1) is 0 Å². The molecule has 0 radical (unpaired) electrons. The molecule has 9 heteroatoms. The molecule has 0 aliphatic heterocycles. The number of sulfonamides is 1. The molecule has 1 amide bonds. The third-order valence-electron chi connectivity index (χ3n) is 2.65. The van der Waals surface area contributed by atoms with Crippen LogP contribution in [0.5, 0.6) is 5.75 Å². The van der Waals surface area contributed by atoms with Crippen molar-refractivity contribution >= 4 is 27.5 Å². The molecule has 0 unspecified atom stereocenters. The Kier molecular flexibility index (Phi) is 7.08. The number of rotatable bonds is 8. The van der Waals surface area contributed by atoms with E-state index in [2.05, 4.69) is 10.0 Å². The zero-order chi connectivity index (χ0) is 16.8. The Morgan fingerprint density at radius 2 is 2.14 bits per heavy atom. The minimum absolute atomic E-state index is 0.0553.